The molecule has 0 unspecified atom stereocenters. The zero-order valence-electron chi connectivity index (χ0n) is 13.7. The number of nitrogens with zero attached hydrogens (tertiary/aromatic N) is 3. The Hall–Kier alpha value is -2.83. The molecule has 1 saturated heterocycles. The topological polar surface area (TPSA) is 78.7 Å². The lowest BCUT2D eigenvalue weighted by atomic mass is 10.1. The van der Waals surface area contributed by atoms with E-state index in [1.54, 1.807) is 29.5 Å². The number of carbonyl (C=O) groups is 2. The van der Waals surface area contributed by atoms with Gasteiger partial charge in [0.1, 0.15) is 11.6 Å². The summed E-state index contributed by atoms with van der Waals surface area (Å²) in [7, 11) is 3.80. The number of carbonyl (C=O) groups excluding carboxylic acids is 2. The lowest BCUT2D eigenvalue weighted by molar-refractivity contribution is -0.128. The summed E-state index contributed by atoms with van der Waals surface area (Å²) in [5.74, 6) is 0.972. The molecule has 1 fully saturated rings. The van der Waals surface area contributed by atoms with Gasteiger partial charge in [-0.1, -0.05) is 0 Å². The van der Waals surface area contributed by atoms with Crippen LogP contribution in [0.15, 0.2) is 41.1 Å². The van der Waals surface area contributed by atoms with E-state index in [0.717, 1.165) is 5.82 Å². The molecule has 0 radical (unpaired) electrons. The third-order valence-corrected chi connectivity index (χ3v) is 3.99. The predicted octanol–water partition coefficient (Wildman–Crippen LogP) is 1.73. The first kappa shape index (κ1) is 16.0. The number of hydrogen-bond acceptors (Lipinski definition) is 5. The van der Waals surface area contributed by atoms with Crippen molar-refractivity contribution in [3.05, 3.63) is 42.5 Å². The fraction of sp³-hybridized carbons (Fsp3) is 0.353. The molecule has 7 nitrogen and oxygen atoms in total. The maximum Gasteiger partial charge on any atom is 0.229 e. The molecule has 1 aliphatic heterocycles. The van der Waals surface area contributed by atoms with Crippen LogP contribution in [-0.2, 0) is 16.1 Å². The Bertz CT molecular complexity index is 710. The van der Waals surface area contributed by atoms with E-state index in [2.05, 4.69) is 10.3 Å². The standard InChI is InChI=1S/C17H20N4O3/c1-20(2)15-6-5-13(9-18-15)19-17(23)12-8-16(22)21(10-12)11-14-4-3-7-24-14/h3-7,9,12H,8,10-11H2,1-2H3,(H,19,23)/t12-/m1/s1. The van der Waals surface area contributed by atoms with Crippen LogP contribution >= 0.6 is 0 Å². The summed E-state index contributed by atoms with van der Waals surface area (Å²) in [6, 6.07) is 7.24. The largest absolute Gasteiger partial charge is 0.467 e. The predicted molar refractivity (Wildman–Crippen MR) is 89.4 cm³/mol. The summed E-state index contributed by atoms with van der Waals surface area (Å²) in [5, 5.41) is 2.83. The summed E-state index contributed by atoms with van der Waals surface area (Å²) in [6.45, 7) is 0.795. The molecule has 0 bridgehead atoms. The minimum atomic E-state index is -0.360. The monoisotopic (exact) mass is 328 g/mol. The number of nitrogens with one attached hydrogen (secondary N) is 1. The summed E-state index contributed by atoms with van der Waals surface area (Å²) >= 11 is 0. The summed E-state index contributed by atoms with van der Waals surface area (Å²) < 4.78 is 5.26. The van der Waals surface area contributed by atoms with E-state index >= 15 is 0 Å². The number of rotatable bonds is 5. The molecule has 0 spiro atoms. The Morgan fingerprint density at radius 2 is 2.25 bits per heavy atom. The van der Waals surface area contributed by atoms with E-state index in [4.69, 9.17) is 4.42 Å². The first-order chi connectivity index (χ1) is 11.5. The van der Waals surface area contributed by atoms with E-state index in [9.17, 15) is 9.59 Å². The van der Waals surface area contributed by atoms with Gasteiger partial charge in [0.05, 0.1) is 30.6 Å². The molecule has 3 rings (SSSR count). The molecule has 2 aromatic heterocycles. The highest BCUT2D eigenvalue weighted by molar-refractivity contribution is 5.97. The number of anilines is 2. The molecule has 0 aromatic carbocycles. The number of hydrogen-bond donors (Lipinski definition) is 1. The molecule has 0 aliphatic carbocycles. The van der Waals surface area contributed by atoms with Gasteiger partial charge in [-0.15, -0.1) is 0 Å². The second-order valence-electron chi connectivity index (χ2n) is 6.04. The van der Waals surface area contributed by atoms with Crippen molar-refractivity contribution in [1.29, 1.82) is 0 Å². The van der Waals surface area contributed by atoms with Crippen LogP contribution in [0.2, 0.25) is 0 Å². The molecule has 126 valence electrons. The first-order valence-electron chi connectivity index (χ1n) is 7.77. The van der Waals surface area contributed by atoms with Crippen molar-refractivity contribution >= 4 is 23.3 Å². The lowest BCUT2D eigenvalue weighted by Gasteiger charge is -2.15. The van der Waals surface area contributed by atoms with Gasteiger partial charge in [0.15, 0.2) is 0 Å². The SMILES string of the molecule is CN(C)c1ccc(NC(=O)[C@@H]2CC(=O)N(Cc3ccco3)C2)cn1. The number of likely N-dealkylation sites (tertiary alicyclic amines) is 1. The van der Waals surface area contributed by atoms with Crippen LogP contribution in [0.1, 0.15) is 12.2 Å². The quantitative estimate of drug-likeness (QED) is 0.904. The molecule has 3 heterocycles. The van der Waals surface area contributed by atoms with Gasteiger partial charge in [-0.25, -0.2) is 4.98 Å². The number of amides is 2. The van der Waals surface area contributed by atoms with Crippen molar-refractivity contribution in [2.75, 3.05) is 30.9 Å². The van der Waals surface area contributed by atoms with Crippen LogP contribution in [-0.4, -0.2) is 42.3 Å². The van der Waals surface area contributed by atoms with Crippen molar-refractivity contribution in [3.63, 3.8) is 0 Å². The lowest BCUT2D eigenvalue weighted by Crippen LogP contribution is -2.28. The second-order valence-corrected chi connectivity index (χ2v) is 6.04. The molecule has 1 aliphatic rings. The Kier molecular flexibility index (Phi) is 4.50. The summed E-state index contributed by atoms with van der Waals surface area (Å²) in [5.41, 5.74) is 0.627. The van der Waals surface area contributed by atoms with E-state index in [0.29, 0.717) is 24.5 Å². The molecule has 2 amide bonds. The molecule has 1 atom stereocenters. The molecular formula is C17H20N4O3. The molecule has 0 saturated carbocycles. The highest BCUT2D eigenvalue weighted by atomic mass is 16.3. The molecule has 24 heavy (non-hydrogen) atoms. The van der Waals surface area contributed by atoms with Crippen LogP contribution < -0.4 is 10.2 Å². The highest BCUT2D eigenvalue weighted by Gasteiger charge is 2.34. The van der Waals surface area contributed by atoms with Crippen molar-refractivity contribution in [2.45, 2.75) is 13.0 Å². The van der Waals surface area contributed by atoms with Crippen LogP contribution in [0.4, 0.5) is 11.5 Å². The first-order valence-corrected chi connectivity index (χ1v) is 7.77. The number of pyridine rings is 1. The average molecular weight is 328 g/mol. The Balaban J connectivity index is 1.58. The smallest absolute Gasteiger partial charge is 0.229 e. The van der Waals surface area contributed by atoms with Crippen LogP contribution in [0.25, 0.3) is 0 Å². The third kappa shape index (κ3) is 3.56. The van der Waals surface area contributed by atoms with Gasteiger partial charge in [0.25, 0.3) is 0 Å². The fourth-order valence-electron chi connectivity index (χ4n) is 2.66. The molecule has 1 N–H and O–H groups in total. The maximum atomic E-state index is 12.4. The average Bonchev–Trinajstić information content (AvgIpc) is 3.19. The third-order valence-electron chi connectivity index (χ3n) is 3.99. The van der Waals surface area contributed by atoms with Gasteiger partial charge >= 0.3 is 0 Å². The second kappa shape index (κ2) is 6.74. The van der Waals surface area contributed by atoms with Crippen molar-refractivity contribution in [3.8, 4) is 0 Å². The Labute approximate surface area is 140 Å². The minimum absolute atomic E-state index is 0.0346. The Morgan fingerprint density at radius 3 is 2.88 bits per heavy atom. The van der Waals surface area contributed by atoms with Crippen molar-refractivity contribution in [2.24, 2.45) is 5.92 Å². The van der Waals surface area contributed by atoms with Crippen LogP contribution in [0.5, 0.6) is 0 Å². The van der Waals surface area contributed by atoms with E-state index in [1.165, 1.54) is 0 Å². The Morgan fingerprint density at radius 1 is 1.42 bits per heavy atom. The van der Waals surface area contributed by atoms with Gasteiger partial charge in [-0.3, -0.25) is 9.59 Å². The van der Waals surface area contributed by atoms with E-state index in [-0.39, 0.29) is 24.2 Å². The summed E-state index contributed by atoms with van der Waals surface area (Å²) in [4.78, 5) is 32.2. The van der Waals surface area contributed by atoms with Gasteiger partial charge in [0.2, 0.25) is 11.8 Å². The summed E-state index contributed by atoms with van der Waals surface area (Å²) in [6.07, 6.45) is 3.41. The van der Waals surface area contributed by atoms with E-state index < -0.39 is 0 Å². The highest BCUT2D eigenvalue weighted by Crippen LogP contribution is 2.22. The normalized spacial score (nSPS) is 17.2. The minimum Gasteiger partial charge on any atom is -0.467 e. The van der Waals surface area contributed by atoms with Crippen molar-refractivity contribution < 1.29 is 14.0 Å². The maximum absolute atomic E-state index is 12.4. The van der Waals surface area contributed by atoms with Gasteiger partial charge in [-0.05, 0) is 24.3 Å². The van der Waals surface area contributed by atoms with Gasteiger partial charge < -0.3 is 19.5 Å². The zero-order chi connectivity index (χ0) is 17.1. The number of aromatic nitrogens is 1. The molecular weight excluding hydrogens is 308 g/mol. The molecule has 2 aromatic rings. The van der Waals surface area contributed by atoms with Crippen LogP contribution in [0.3, 0.4) is 0 Å². The van der Waals surface area contributed by atoms with Gasteiger partial charge in [-0.2, -0.15) is 0 Å². The fourth-order valence-corrected chi connectivity index (χ4v) is 2.66. The van der Waals surface area contributed by atoms with E-state index in [1.807, 2.05) is 31.1 Å². The van der Waals surface area contributed by atoms with Crippen LogP contribution in [0, 0.1) is 5.92 Å². The van der Waals surface area contributed by atoms with Crippen molar-refractivity contribution in [1.82, 2.24) is 9.88 Å². The molecule has 7 heteroatoms. The number of furan rings is 1. The van der Waals surface area contributed by atoms with Gasteiger partial charge in [0, 0.05) is 27.1 Å². The zero-order valence-corrected chi connectivity index (χ0v) is 13.7.